The van der Waals surface area contributed by atoms with E-state index in [0.29, 0.717) is 13.2 Å². The second kappa shape index (κ2) is 8.83. The summed E-state index contributed by atoms with van der Waals surface area (Å²) in [6.07, 6.45) is 2.01. The van der Waals surface area contributed by atoms with Gasteiger partial charge in [-0.25, -0.2) is 0 Å². The van der Waals surface area contributed by atoms with Gasteiger partial charge in [0, 0.05) is 18.8 Å². The van der Waals surface area contributed by atoms with Crippen molar-refractivity contribution in [2.45, 2.75) is 46.3 Å². The fourth-order valence-electron chi connectivity index (χ4n) is 1.95. The van der Waals surface area contributed by atoms with Gasteiger partial charge in [-0.3, -0.25) is 4.79 Å². The minimum absolute atomic E-state index is 0.0648. The normalized spacial score (nSPS) is 10.9. The van der Waals surface area contributed by atoms with Gasteiger partial charge in [0.05, 0.1) is 6.42 Å². The van der Waals surface area contributed by atoms with E-state index in [4.69, 9.17) is 9.47 Å². The van der Waals surface area contributed by atoms with Gasteiger partial charge in [0.25, 0.3) is 0 Å². The number of hydrogen-bond acceptors (Lipinski definition) is 3. The zero-order chi connectivity index (χ0) is 14.1. The van der Waals surface area contributed by atoms with E-state index < -0.39 is 6.29 Å². The molecular weight excluding hydrogens is 240 g/mol. The van der Waals surface area contributed by atoms with Crippen molar-refractivity contribution < 1.29 is 14.3 Å². The quantitative estimate of drug-likeness (QED) is 0.505. The monoisotopic (exact) mass is 264 g/mol. The van der Waals surface area contributed by atoms with Crippen molar-refractivity contribution in [3.63, 3.8) is 0 Å². The van der Waals surface area contributed by atoms with Crippen LogP contribution in [0.5, 0.6) is 0 Å². The van der Waals surface area contributed by atoms with Crippen LogP contribution in [0, 0.1) is 0 Å². The fraction of sp³-hybridized carbons (Fsp3) is 0.562. The molecule has 1 aromatic rings. The summed E-state index contributed by atoms with van der Waals surface area (Å²) in [5, 5.41) is 0. The zero-order valence-corrected chi connectivity index (χ0v) is 12.1. The summed E-state index contributed by atoms with van der Waals surface area (Å²) in [5.41, 5.74) is 1.99. The van der Waals surface area contributed by atoms with Crippen LogP contribution >= 0.6 is 0 Å². The molecule has 0 unspecified atom stereocenters. The molecule has 0 saturated carbocycles. The predicted octanol–water partition coefficient (Wildman–Crippen LogP) is 3.61. The lowest BCUT2D eigenvalue weighted by atomic mass is 10.0. The third-order valence-corrected chi connectivity index (χ3v) is 2.87. The maximum atomic E-state index is 12.1. The molecule has 0 aromatic heterocycles. The van der Waals surface area contributed by atoms with Gasteiger partial charge in [0.1, 0.15) is 0 Å². The summed E-state index contributed by atoms with van der Waals surface area (Å²) < 4.78 is 10.8. The molecule has 0 amide bonds. The third kappa shape index (κ3) is 5.53. The number of ketones is 1. The average molecular weight is 264 g/mol. The molecule has 0 aliphatic rings. The Hall–Kier alpha value is -1.19. The van der Waals surface area contributed by atoms with Crippen LogP contribution < -0.4 is 0 Å². The molecule has 0 radical (unpaired) electrons. The zero-order valence-electron chi connectivity index (χ0n) is 12.1. The third-order valence-electron chi connectivity index (χ3n) is 2.87. The van der Waals surface area contributed by atoms with Gasteiger partial charge in [0.15, 0.2) is 12.1 Å². The van der Waals surface area contributed by atoms with E-state index >= 15 is 0 Å². The molecule has 0 atom stereocenters. The van der Waals surface area contributed by atoms with E-state index in [1.54, 1.807) is 0 Å². The van der Waals surface area contributed by atoms with E-state index in [9.17, 15) is 4.79 Å². The van der Waals surface area contributed by atoms with Crippen molar-refractivity contribution in [3.8, 4) is 0 Å². The topological polar surface area (TPSA) is 35.5 Å². The number of hydrogen-bond donors (Lipinski definition) is 0. The molecule has 0 spiro atoms. The van der Waals surface area contributed by atoms with Crippen molar-refractivity contribution in [1.82, 2.24) is 0 Å². The second-order valence-electron chi connectivity index (χ2n) is 4.41. The highest BCUT2D eigenvalue weighted by atomic mass is 16.7. The van der Waals surface area contributed by atoms with Gasteiger partial charge < -0.3 is 9.47 Å². The first-order chi connectivity index (χ1) is 9.21. The van der Waals surface area contributed by atoms with Crippen LogP contribution in [0.1, 0.15) is 49.5 Å². The van der Waals surface area contributed by atoms with E-state index in [1.807, 2.05) is 38.1 Å². The summed E-state index contributed by atoms with van der Waals surface area (Å²) in [6.45, 7) is 7.04. The van der Waals surface area contributed by atoms with Gasteiger partial charge in [0.2, 0.25) is 0 Å². The Morgan fingerprint density at radius 1 is 1.05 bits per heavy atom. The number of Topliss-reactive ketones (excluding diaryl/α,β-unsaturated/α-hetero) is 1. The van der Waals surface area contributed by atoms with E-state index in [2.05, 4.69) is 6.92 Å². The van der Waals surface area contributed by atoms with E-state index in [1.165, 1.54) is 5.56 Å². The minimum atomic E-state index is -0.433. The highest BCUT2D eigenvalue weighted by Gasteiger charge is 2.15. The molecule has 0 aliphatic carbocycles. The molecule has 1 aromatic carbocycles. The first kappa shape index (κ1) is 15.9. The lowest BCUT2D eigenvalue weighted by Crippen LogP contribution is -2.21. The highest BCUT2D eigenvalue weighted by molar-refractivity contribution is 5.96. The minimum Gasteiger partial charge on any atom is -0.352 e. The van der Waals surface area contributed by atoms with Crippen LogP contribution in [0.25, 0.3) is 0 Å². The lowest BCUT2D eigenvalue weighted by molar-refractivity contribution is -0.133. The van der Waals surface area contributed by atoms with Crippen molar-refractivity contribution in [2.75, 3.05) is 13.2 Å². The summed E-state index contributed by atoms with van der Waals surface area (Å²) >= 11 is 0. The molecule has 0 saturated heterocycles. The number of ether oxygens (including phenoxy) is 2. The lowest BCUT2D eigenvalue weighted by Gasteiger charge is -2.16. The van der Waals surface area contributed by atoms with Crippen molar-refractivity contribution in [1.29, 1.82) is 0 Å². The molecule has 106 valence electrons. The number of aryl methyl sites for hydroxylation is 1. The number of rotatable bonds is 9. The van der Waals surface area contributed by atoms with Gasteiger partial charge in [-0.2, -0.15) is 0 Å². The van der Waals surface area contributed by atoms with Crippen molar-refractivity contribution in [2.24, 2.45) is 0 Å². The molecule has 0 bridgehead atoms. The number of carbonyl (C=O) groups excluding carboxylic acids is 1. The SMILES string of the molecule is CCCc1ccc(C(=O)CC(OCC)OCC)cc1. The Morgan fingerprint density at radius 3 is 2.11 bits per heavy atom. The summed E-state index contributed by atoms with van der Waals surface area (Å²) in [6, 6.07) is 7.82. The molecule has 19 heavy (non-hydrogen) atoms. The molecule has 0 fully saturated rings. The van der Waals surface area contributed by atoms with E-state index in [0.717, 1.165) is 18.4 Å². The Kier molecular flexibility index (Phi) is 7.38. The Balaban J connectivity index is 2.60. The molecule has 1 rings (SSSR count). The molecule has 0 aliphatic heterocycles. The average Bonchev–Trinajstić information content (AvgIpc) is 2.40. The van der Waals surface area contributed by atoms with Crippen LogP contribution in [0.2, 0.25) is 0 Å². The summed E-state index contributed by atoms with van der Waals surface area (Å²) in [7, 11) is 0. The van der Waals surface area contributed by atoms with Crippen LogP contribution in [0.4, 0.5) is 0 Å². The molecule has 0 N–H and O–H groups in total. The highest BCUT2D eigenvalue weighted by Crippen LogP contribution is 2.12. The second-order valence-corrected chi connectivity index (χ2v) is 4.41. The fourth-order valence-corrected chi connectivity index (χ4v) is 1.95. The number of carbonyl (C=O) groups is 1. The van der Waals surface area contributed by atoms with Crippen molar-refractivity contribution in [3.05, 3.63) is 35.4 Å². The molecule has 3 heteroatoms. The van der Waals surface area contributed by atoms with Gasteiger partial charge in [-0.05, 0) is 25.8 Å². The van der Waals surface area contributed by atoms with Crippen LogP contribution in [0.3, 0.4) is 0 Å². The number of benzene rings is 1. The predicted molar refractivity (Wildman–Crippen MR) is 76.4 cm³/mol. The van der Waals surface area contributed by atoms with Gasteiger partial charge >= 0.3 is 0 Å². The largest absolute Gasteiger partial charge is 0.352 e. The van der Waals surface area contributed by atoms with E-state index in [-0.39, 0.29) is 12.2 Å². The first-order valence-corrected chi connectivity index (χ1v) is 7.06. The van der Waals surface area contributed by atoms with Crippen LogP contribution in [-0.2, 0) is 15.9 Å². The Bertz CT molecular complexity index is 364. The maximum absolute atomic E-state index is 12.1. The van der Waals surface area contributed by atoms with Gasteiger partial charge in [-0.1, -0.05) is 37.6 Å². The van der Waals surface area contributed by atoms with Crippen LogP contribution in [-0.4, -0.2) is 25.3 Å². The molecular formula is C16H24O3. The van der Waals surface area contributed by atoms with Gasteiger partial charge in [-0.15, -0.1) is 0 Å². The maximum Gasteiger partial charge on any atom is 0.167 e. The first-order valence-electron chi connectivity index (χ1n) is 7.06. The Morgan fingerprint density at radius 2 is 1.63 bits per heavy atom. The summed E-state index contributed by atoms with van der Waals surface area (Å²) in [5.74, 6) is 0.0648. The smallest absolute Gasteiger partial charge is 0.167 e. The molecule has 0 heterocycles. The van der Waals surface area contributed by atoms with Crippen LogP contribution in [0.15, 0.2) is 24.3 Å². The summed E-state index contributed by atoms with van der Waals surface area (Å²) in [4.78, 5) is 12.1. The standard InChI is InChI=1S/C16H24O3/c1-4-7-13-8-10-14(11-9-13)15(17)12-16(18-5-2)19-6-3/h8-11,16H,4-7,12H2,1-3H3. The van der Waals surface area contributed by atoms with Crippen molar-refractivity contribution >= 4 is 5.78 Å². The Labute approximate surface area is 115 Å². The molecule has 3 nitrogen and oxygen atoms in total.